The van der Waals surface area contributed by atoms with Gasteiger partial charge in [-0.25, -0.2) is 4.39 Å². The first-order chi connectivity index (χ1) is 11.1. The van der Waals surface area contributed by atoms with Crippen molar-refractivity contribution in [3.05, 3.63) is 34.1 Å². The maximum Gasteiger partial charge on any atom is 0.272 e. The molecule has 3 aliphatic rings. The van der Waals surface area contributed by atoms with Crippen molar-refractivity contribution in [2.24, 2.45) is 5.41 Å². The number of non-ortho nitro benzene ring substituents is 1. The molecule has 6 nitrogen and oxygen atoms in total. The van der Waals surface area contributed by atoms with Crippen molar-refractivity contribution < 1.29 is 9.31 Å². The Bertz CT molecular complexity index is 619. The molecule has 0 atom stereocenters. The molecule has 23 heavy (non-hydrogen) atoms. The molecule has 0 radical (unpaired) electrons. The standard InChI is InChI=1S/C16H21FN4O2/c17-14-7-13(21(22)23)1-2-15(14)19-5-3-12(4-6-19)20-10-16(11-20)8-18-9-16/h1-2,7,12,18H,3-6,8-11H2. The molecule has 0 saturated carbocycles. The van der Waals surface area contributed by atoms with E-state index in [1.807, 2.05) is 4.90 Å². The molecule has 0 amide bonds. The van der Waals surface area contributed by atoms with Crippen LogP contribution in [0.15, 0.2) is 18.2 Å². The molecule has 1 aromatic rings. The average molecular weight is 320 g/mol. The Kier molecular flexibility index (Phi) is 3.50. The Morgan fingerprint density at radius 3 is 2.48 bits per heavy atom. The minimum absolute atomic E-state index is 0.193. The number of nitrogens with one attached hydrogen (secondary N) is 1. The normalized spacial score (nSPS) is 24.3. The van der Waals surface area contributed by atoms with E-state index >= 15 is 0 Å². The lowest BCUT2D eigenvalue weighted by Crippen LogP contribution is -2.73. The summed E-state index contributed by atoms with van der Waals surface area (Å²) in [5.41, 5.74) is 0.833. The summed E-state index contributed by atoms with van der Waals surface area (Å²) >= 11 is 0. The fourth-order valence-electron chi connectivity index (χ4n) is 4.11. The molecule has 3 saturated heterocycles. The molecule has 1 aromatic carbocycles. The van der Waals surface area contributed by atoms with Crippen molar-refractivity contribution in [2.45, 2.75) is 18.9 Å². The third-order valence-electron chi connectivity index (χ3n) is 5.54. The molecule has 124 valence electrons. The van der Waals surface area contributed by atoms with Crippen molar-refractivity contribution >= 4 is 11.4 Å². The van der Waals surface area contributed by atoms with Crippen LogP contribution in [0.25, 0.3) is 0 Å². The van der Waals surface area contributed by atoms with Crippen LogP contribution >= 0.6 is 0 Å². The summed E-state index contributed by atoms with van der Waals surface area (Å²) in [6.07, 6.45) is 2.06. The number of benzene rings is 1. The molecule has 0 aromatic heterocycles. The van der Waals surface area contributed by atoms with Gasteiger partial charge in [0.15, 0.2) is 5.82 Å². The molecule has 3 fully saturated rings. The van der Waals surface area contributed by atoms with E-state index < -0.39 is 10.7 Å². The Balaban J connectivity index is 1.35. The number of nitro benzene ring substituents is 1. The Morgan fingerprint density at radius 2 is 1.96 bits per heavy atom. The monoisotopic (exact) mass is 320 g/mol. The van der Waals surface area contributed by atoms with Gasteiger partial charge in [0, 0.05) is 56.8 Å². The van der Waals surface area contributed by atoms with Gasteiger partial charge in [-0.3, -0.25) is 15.0 Å². The zero-order chi connectivity index (χ0) is 16.0. The zero-order valence-corrected chi connectivity index (χ0v) is 13.0. The number of likely N-dealkylation sites (tertiary alicyclic amines) is 1. The highest BCUT2D eigenvalue weighted by atomic mass is 19.1. The second-order valence-electron chi connectivity index (χ2n) is 7.12. The van der Waals surface area contributed by atoms with E-state index in [9.17, 15) is 14.5 Å². The summed E-state index contributed by atoms with van der Waals surface area (Å²) in [6.45, 7) is 6.29. The molecule has 3 aliphatic heterocycles. The predicted molar refractivity (Wildman–Crippen MR) is 85.2 cm³/mol. The summed E-state index contributed by atoms with van der Waals surface area (Å²) < 4.78 is 14.1. The lowest BCUT2D eigenvalue weighted by Gasteiger charge is -2.59. The number of hydrogen-bond acceptors (Lipinski definition) is 5. The van der Waals surface area contributed by atoms with E-state index in [4.69, 9.17) is 0 Å². The molecular formula is C16H21FN4O2. The van der Waals surface area contributed by atoms with E-state index in [0.29, 0.717) is 17.1 Å². The lowest BCUT2D eigenvalue weighted by molar-refractivity contribution is -0.385. The number of halogens is 1. The molecule has 0 unspecified atom stereocenters. The smallest absolute Gasteiger partial charge is 0.272 e. The minimum Gasteiger partial charge on any atom is -0.369 e. The number of anilines is 1. The fourth-order valence-corrected chi connectivity index (χ4v) is 4.11. The Morgan fingerprint density at radius 1 is 1.26 bits per heavy atom. The highest BCUT2D eigenvalue weighted by molar-refractivity contribution is 5.52. The first-order valence-corrected chi connectivity index (χ1v) is 8.20. The maximum absolute atomic E-state index is 14.1. The molecule has 4 rings (SSSR count). The van der Waals surface area contributed by atoms with E-state index in [1.54, 1.807) is 0 Å². The van der Waals surface area contributed by atoms with Crippen LogP contribution in [0.2, 0.25) is 0 Å². The van der Waals surface area contributed by atoms with Crippen molar-refractivity contribution in [3.63, 3.8) is 0 Å². The van der Waals surface area contributed by atoms with Crippen LogP contribution in [0.3, 0.4) is 0 Å². The van der Waals surface area contributed by atoms with Gasteiger partial charge in [-0.1, -0.05) is 0 Å². The maximum atomic E-state index is 14.1. The van der Waals surface area contributed by atoms with Crippen LogP contribution in [0.1, 0.15) is 12.8 Å². The van der Waals surface area contributed by atoms with Gasteiger partial charge < -0.3 is 10.2 Å². The highest BCUT2D eigenvalue weighted by Gasteiger charge is 2.49. The average Bonchev–Trinajstić information content (AvgIpc) is 2.45. The second-order valence-corrected chi connectivity index (χ2v) is 7.12. The third kappa shape index (κ3) is 2.57. The minimum atomic E-state index is -0.561. The number of rotatable bonds is 3. The topological polar surface area (TPSA) is 61.7 Å². The van der Waals surface area contributed by atoms with E-state index in [0.717, 1.165) is 45.1 Å². The van der Waals surface area contributed by atoms with Crippen LogP contribution in [0.5, 0.6) is 0 Å². The van der Waals surface area contributed by atoms with Crippen molar-refractivity contribution in [2.75, 3.05) is 44.2 Å². The molecule has 7 heteroatoms. The largest absolute Gasteiger partial charge is 0.369 e. The summed E-state index contributed by atoms with van der Waals surface area (Å²) in [5.74, 6) is -0.499. The lowest BCUT2D eigenvalue weighted by atomic mass is 9.73. The molecule has 3 heterocycles. The van der Waals surface area contributed by atoms with Gasteiger partial charge in [0.2, 0.25) is 0 Å². The Hall–Kier alpha value is -1.73. The van der Waals surface area contributed by atoms with Gasteiger partial charge in [-0.05, 0) is 18.9 Å². The molecule has 1 spiro atoms. The molecular weight excluding hydrogens is 299 g/mol. The van der Waals surface area contributed by atoms with Crippen LogP contribution < -0.4 is 10.2 Å². The van der Waals surface area contributed by atoms with Crippen LogP contribution in [0, 0.1) is 21.3 Å². The van der Waals surface area contributed by atoms with Crippen molar-refractivity contribution in [1.82, 2.24) is 10.2 Å². The molecule has 0 aliphatic carbocycles. The van der Waals surface area contributed by atoms with Crippen molar-refractivity contribution in [1.29, 1.82) is 0 Å². The summed E-state index contributed by atoms with van der Waals surface area (Å²) in [4.78, 5) is 14.7. The number of piperidine rings is 1. The molecule has 1 N–H and O–H groups in total. The first-order valence-electron chi connectivity index (χ1n) is 8.20. The Labute approximate surface area is 134 Å². The second kappa shape index (κ2) is 5.42. The summed E-state index contributed by atoms with van der Waals surface area (Å²) in [5, 5.41) is 14.0. The van der Waals surface area contributed by atoms with Gasteiger partial charge >= 0.3 is 0 Å². The number of nitrogens with zero attached hydrogens (tertiary/aromatic N) is 3. The highest BCUT2D eigenvalue weighted by Crippen LogP contribution is 2.38. The van der Waals surface area contributed by atoms with Gasteiger partial charge in [-0.15, -0.1) is 0 Å². The van der Waals surface area contributed by atoms with Gasteiger partial charge in [0.05, 0.1) is 16.7 Å². The zero-order valence-electron chi connectivity index (χ0n) is 13.0. The van der Waals surface area contributed by atoms with Gasteiger partial charge in [0.1, 0.15) is 0 Å². The summed E-state index contributed by atoms with van der Waals surface area (Å²) in [6, 6.07) is 4.53. The quantitative estimate of drug-likeness (QED) is 0.677. The predicted octanol–water partition coefficient (Wildman–Crippen LogP) is 1.61. The van der Waals surface area contributed by atoms with E-state index in [2.05, 4.69) is 10.2 Å². The van der Waals surface area contributed by atoms with Crippen LogP contribution in [0.4, 0.5) is 15.8 Å². The van der Waals surface area contributed by atoms with E-state index in [-0.39, 0.29) is 5.69 Å². The van der Waals surface area contributed by atoms with Crippen LogP contribution in [-0.2, 0) is 0 Å². The molecule has 0 bridgehead atoms. The van der Waals surface area contributed by atoms with E-state index in [1.165, 1.54) is 25.2 Å². The van der Waals surface area contributed by atoms with Gasteiger partial charge in [0.25, 0.3) is 5.69 Å². The number of hydrogen-bond donors (Lipinski definition) is 1. The third-order valence-corrected chi connectivity index (χ3v) is 5.54. The number of nitro groups is 1. The van der Waals surface area contributed by atoms with Crippen LogP contribution in [-0.4, -0.2) is 55.1 Å². The van der Waals surface area contributed by atoms with Gasteiger partial charge in [-0.2, -0.15) is 0 Å². The van der Waals surface area contributed by atoms with Crippen molar-refractivity contribution in [3.8, 4) is 0 Å². The fraction of sp³-hybridized carbons (Fsp3) is 0.625. The first kappa shape index (κ1) is 14.8. The SMILES string of the molecule is O=[N+]([O-])c1ccc(N2CCC(N3CC4(CNC4)C3)CC2)c(F)c1. The summed E-state index contributed by atoms with van der Waals surface area (Å²) in [7, 11) is 0.